The molecule has 17 heavy (non-hydrogen) atoms. The van der Waals surface area contributed by atoms with E-state index in [4.69, 9.17) is 0 Å². The maximum absolute atomic E-state index is 11.6. The Morgan fingerprint density at radius 2 is 1.94 bits per heavy atom. The van der Waals surface area contributed by atoms with Gasteiger partial charge in [0, 0.05) is 4.47 Å². The van der Waals surface area contributed by atoms with Crippen LogP contribution < -0.4 is 5.11 Å². The van der Waals surface area contributed by atoms with Gasteiger partial charge in [-0.1, -0.05) is 33.8 Å². The van der Waals surface area contributed by atoms with Gasteiger partial charge in [0.1, 0.15) is 0 Å². The average molecular weight is 298 g/mol. The molecule has 1 aromatic rings. The van der Waals surface area contributed by atoms with Crippen molar-refractivity contribution in [2.24, 2.45) is 0 Å². The first kappa shape index (κ1) is 13.4. The highest BCUT2D eigenvalue weighted by Crippen LogP contribution is 2.14. The Balaban J connectivity index is 2.82. The number of hydrogen-bond donors (Lipinski definition) is 0. The fraction of sp³-hybridized carbons (Fsp3) is 0.167. The third-order valence-corrected chi connectivity index (χ3v) is 2.40. The number of carbonyl (C=O) groups is 2. The van der Waals surface area contributed by atoms with E-state index in [9.17, 15) is 14.7 Å². The van der Waals surface area contributed by atoms with Crippen molar-refractivity contribution in [3.63, 3.8) is 0 Å². The summed E-state index contributed by atoms with van der Waals surface area (Å²) in [6, 6.07) is 6.47. The minimum absolute atomic E-state index is 0.102. The molecule has 0 heterocycles. The molecule has 0 amide bonds. The second kappa shape index (κ2) is 6.20. The van der Waals surface area contributed by atoms with Gasteiger partial charge in [-0.25, -0.2) is 4.79 Å². The number of ketones is 1. The fourth-order valence-corrected chi connectivity index (χ4v) is 1.34. The van der Waals surface area contributed by atoms with Gasteiger partial charge in [0.25, 0.3) is 5.78 Å². The lowest BCUT2D eigenvalue weighted by Gasteiger charge is -2.11. The molecule has 4 nitrogen and oxygen atoms in total. The monoisotopic (exact) mass is 297 g/mol. The van der Waals surface area contributed by atoms with E-state index in [2.05, 4.69) is 20.7 Å². The molecule has 0 atom stereocenters. The van der Waals surface area contributed by atoms with Crippen LogP contribution in [0.1, 0.15) is 12.5 Å². The number of hydrogen-bond acceptors (Lipinski definition) is 4. The Morgan fingerprint density at radius 3 is 2.47 bits per heavy atom. The first-order chi connectivity index (χ1) is 8.04. The topological polar surface area (TPSA) is 66.4 Å². The van der Waals surface area contributed by atoms with Crippen LogP contribution in [-0.2, 0) is 14.3 Å². The van der Waals surface area contributed by atoms with Crippen LogP contribution in [0.3, 0.4) is 0 Å². The largest absolute Gasteiger partial charge is 0.872 e. The SMILES string of the molecule is CCOC(=O)C(=O)C=C([O-])c1ccc(Br)cc1. The Morgan fingerprint density at radius 1 is 1.35 bits per heavy atom. The van der Waals surface area contributed by atoms with Gasteiger partial charge in [-0.15, -0.1) is 0 Å². The van der Waals surface area contributed by atoms with Crippen LogP contribution in [0.4, 0.5) is 0 Å². The molecule has 5 heteroatoms. The van der Waals surface area contributed by atoms with Gasteiger partial charge in [-0.05, 0) is 30.7 Å². The van der Waals surface area contributed by atoms with Crippen LogP contribution in [0.5, 0.6) is 0 Å². The van der Waals surface area contributed by atoms with Crippen LogP contribution in [0.2, 0.25) is 0 Å². The number of ether oxygens (including phenoxy) is 1. The molecule has 1 rings (SSSR count). The lowest BCUT2D eigenvalue weighted by atomic mass is 10.1. The molecule has 1 aromatic carbocycles. The lowest BCUT2D eigenvalue weighted by molar-refractivity contribution is -0.243. The summed E-state index contributed by atoms with van der Waals surface area (Å²) in [4.78, 5) is 22.2. The highest BCUT2D eigenvalue weighted by molar-refractivity contribution is 9.10. The van der Waals surface area contributed by atoms with Crippen molar-refractivity contribution in [2.75, 3.05) is 6.61 Å². The van der Waals surface area contributed by atoms with E-state index in [-0.39, 0.29) is 6.61 Å². The van der Waals surface area contributed by atoms with Crippen molar-refractivity contribution < 1.29 is 19.4 Å². The summed E-state index contributed by atoms with van der Waals surface area (Å²) in [5.74, 6) is -2.48. The van der Waals surface area contributed by atoms with E-state index in [1.807, 2.05) is 0 Å². The summed E-state index contributed by atoms with van der Waals surface area (Å²) in [5, 5.41) is 11.6. The Bertz CT molecular complexity index is 448. The summed E-state index contributed by atoms with van der Waals surface area (Å²) >= 11 is 3.23. The number of esters is 1. The standard InChI is InChI=1S/C12H11BrO4/c1-2-17-12(16)11(15)7-10(14)8-3-5-9(13)6-4-8/h3-7,14H,2H2,1H3/p-1. The molecule has 0 aliphatic heterocycles. The molecule has 0 aliphatic carbocycles. The van der Waals surface area contributed by atoms with E-state index in [0.29, 0.717) is 5.56 Å². The van der Waals surface area contributed by atoms with E-state index in [1.165, 1.54) is 0 Å². The third kappa shape index (κ3) is 4.03. The maximum atomic E-state index is 11.6. The quantitative estimate of drug-likeness (QED) is 0.363. The lowest BCUT2D eigenvalue weighted by Crippen LogP contribution is -2.17. The number of halogens is 1. The summed E-state index contributed by atoms with van der Waals surface area (Å²) < 4.78 is 5.30. The first-order valence-electron chi connectivity index (χ1n) is 4.90. The Kier molecular flexibility index (Phi) is 4.90. The van der Waals surface area contributed by atoms with Crippen molar-refractivity contribution in [1.82, 2.24) is 0 Å². The fourth-order valence-electron chi connectivity index (χ4n) is 1.08. The third-order valence-electron chi connectivity index (χ3n) is 1.87. The van der Waals surface area contributed by atoms with E-state index in [1.54, 1.807) is 31.2 Å². The summed E-state index contributed by atoms with van der Waals surface area (Å²) in [6.07, 6.45) is 0.737. The normalized spacial score (nSPS) is 11.1. The molecule has 0 saturated carbocycles. The molecule has 0 radical (unpaired) electrons. The zero-order valence-corrected chi connectivity index (χ0v) is 10.7. The van der Waals surface area contributed by atoms with Crippen molar-refractivity contribution in [2.45, 2.75) is 6.92 Å². The smallest absolute Gasteiger partial charge is 0.378 e. The van der Waals surface area contributed by atoms with Crippen molar-refractivity contribution in [1.29, 1.82) is 0 Å². The van der Waals surface area contributed by atoms with Crippen LogP contribution in [0.15, 0.2) is 34.8 Å². The number of benzene rings is 1. The van der Waals surface area contributed by atoms with E-state index < -0.39 is 17.5 Å². The minimum atomic E-state index is -1.02. The van der Waals surface area contributed by atoms with Crippen molar-refractivity contribution >= 4 is 33.4 Å². The number of rotatable bonds is 4. The molecule has 0 N–H and O–H groups in total. The first-order valence-corrected chi connectivity index (χ1v) is 5.69. The predicted molar refractivity (Wildman–Crippen MR) is 63.8 cm³/mol. The van der Waals surface area contributed by atoms with Crippen molar-refractivity contribution in [3.8, 4) is 0 Å². The predicted octanol–water partition coefficient (Wildman–Crippen LogP) is 1.28. The van der Waals surface area contributed by atoms with Gasteiger partial charge in [-0.3, -0.25) is 4.79 Å². The highest BCUT2D eigenvalue weighted by atomic mass is 79.9. The molecule has 0 aromatic heterocycles. The molecule has 0 bridgehead atoms. The van der Waals surface area contributed by atoms with E-state index in [0.717, 1.165) is 10.5 Å². The molecule has 0 saturated heterocycles. The van der Waals surface area contributed by atoms with Crippen LogP contribution in [0, 0.1) is 0 Å². The van der Waals surface area contributed by atoms with Gasteiger partial charge >= 0.3 is 5.97 Å². The Hall–Kier alpha value is -1.62. The van der Waals surface area contributed by atoms with Gasteiger partial charge < -0.3 is 9.84 Å². The van der Waals surface area contributed by atoms with Gasteiger partial charge in [0.2, 0.25) is 0 Å². The highest BCUT2D eigenvalue weighted by Gasteiger charge is 2.10. The molecule has 0 aliphatic rings. The average Bonchev–Trinajstić information content (AvgIpc) is 2.30. The van der Waals surface area contributed by atoms with Crippen LogP contribution in [0.25, 0.3) is 5.76 Å². The summed E-state index contributed by atoms with van der Waals surface area (Å²) in [6.45, 7) is 1.69. The zero-order valence-electron chi connectivity index (χ0n) is 9.10. The minimum Gasteiger partial charge on any atom is -0.872 e. The zero-order chi connectivity index (χ0) is 12.8. The maximum Gasteiger partial charge on any atom is 0.378 e. The summed E-state index contributed by atoms with van der Waals surface area (Å²) in [7, 11) is 0. The molecule has 0 fully saturated rings. The van der Waals surface area contributed by atoms with Gasteiger partial charge in [0.15, 0.2) is 0 Å². The molecular formula is C12H10BrO4-. The second-order valence-electron chi connectivity index (χ2n) is 3.10. The van der Waals surface area contributed by atoms with Gasteiger partial charge in [0.05, 0.1) is 6.61 Å². The van der Waals surface area contributed by atoms with Crippen LogP contribution >= 0.6 is 15.9 Å². The number of carbonyl (C=O) groups excluding carboxylic acids is 2. The molecule has 90 valence electrons. The molecular weight excluding hydrogens is 288 g/mol. The van der Waals surface area contributed by atoms with Gasteiger partial charge in [-0.2, -0.15) is 0 Å². The van der Waals surface area contributed by atoms with Crippen molar-refractivity contribution in [3.05, 3.63) is 40.4 Å². The van der Waals surface area contributed by atoms with E-state index >= 15 is 0 Å². The Labute approximate surface area is 107 Å². The molecule has 0 spiro atoms. The molecule has 0 unspecified atom stereocenters. The van der Waals surface area contributed by atoms with Crippen LogP contribution in [-0.4, -0.2) is 18.4 Å². The second-order valence-corrected chi connectivity index (χ2v) is 4.02. The summed E-state index contributed by atoms with van der Waals surface area (Å²) in [5.41, 5.74) is 0.339.